The monoisotopic (exact) mass is 274 g/mol. The molecule has 1 N–H and O–H groups in total. The maximum atomic E-state index is 10.2. The molecular formula is C19H30O. The first-order valence-electron chi connectivity index (χ1n) is 8.01. The van der Waals surface area contributed by atoms with Crippen LogP contribution in [0.5, 0.6) is 0 Å². The van der Waals surface area contributed by atoms with Gasteiger partial charge in [-0.05, 0) is 67.9 Å². The molecule has 0 heterocycles. The first-order valence-corrected chi connectivity index (χ1v) is 8.01. The first kappa shape index (κ1) is 15.6. The van der Waals surface area contributed by atoms with E-state index in [1.54, 1.807) is 0 Å². The van der Waals surface area contributed by atoms with Gasteiger partial charge in [0.15, 0.2) is 0 Å². The Kier molecular flexibility index (Phi) is 4.30. The summed E-state index contributed by atoms with van der Waals surface area (Å²) in [5.74, 6) is 1.53. The summed E-state index contributed by atoms with van der Waals surface area (Å²) in [5, 5.41) is 10.2. The normalized spacial score (nSPS) is 24.7. The van der Waals surface area contributed by atoms with Gasteiger partial charge < -0.3 is 5.11 Å². The Morgan fingerprint density at radius 3 is 2.05 bits per heavy atom. The van der Waals surface area contributed by atoms with E-state index in [-0.39, 0.29) is 0 Å². The number of hydrogen-bond donors (Lipinski definition) is 1. The smallest absolute Gasteiger partial charge is 0.0840 e. The highest BCUT2D eigenvalue weighted by Crippen LogP contribution is 2.43. The summed E-state index contributed by atoms with van der Waals surface area (Å²) in [5.41, 5.74) is 2.16. The van der Waals surface area contributed by atoms with E-state index in [0.29, 0.717) is 11.3 Å². The molecule has 0 bridgehead atoms. The maximum Gasteiger partial charge on any atom is 0.0840 e. The zero-order valence-corrected chi connectivity index (χ0v) is 13.7. The minimum Gasteiger partial charge on any atom is -0.386 e. The van der Waals surface area contributed by atoms with Crippen LogP contribution in [0.1, 0.15) is 77.3 Å². The van der Waals surface area contributed by atoms with Gasteiger partial charge in [0.2, 0.25) is 0 Å². The quantitative estimate of drug-likeness (QED) is 0.782. The third-order valence-corrected chi connectivity index (χ3v) is 5.02. The molecule has 0 spiro atoms. The second-order valence-corrected chi connectivity index (χ2v) is 8.10. The highest BCUT2D eigenvalue weighted by Gasteiger charge is 2.30. The number of benzene rings is 1. The molecule has 0 aliphatic heterocycles. The van der Waals surface area contributed by atoms with Crippen LogP contribution in [0, 0.1) is 11.3 Å². The average Bonchev–Trinajstić information content (AvgIpc) is 2.37. The third-order valence-electron chi connectivity index (χ3n) is 5.02. The predicted molar refractivity (Wildman–Crippen MR) is 85.8 cm³/mol. The van der Waals surface area contributed by atoms with E-state index in [9.17, 15) is 5.11 Å². The van der Waals surface area contributed by atoms with E-state index in [4.69, 9.17) is 0 Å². The van der Waals surface area contributed by atoms with Crippen molar-refractivity contribution in [3.05, 3.63) is 35.4 Å². The van der Waals surface area contributed by atoms with E-state index in [0.717, 1.165) is 11.5 Å². The third kappa shape index (κ3) is 3.63. The van der Waals surface area contributed by atoms with Gasteiger partial charge in [0.1, 0.15) is 0 Å². The van der Waals surface area contributed by atoms with Gasteiger partial charge in [0.25, 0.3) is 0 Å². The topological polar surface area (TPSA) is 20.2 Å². The Morgan fingerprint density at radius 2 is 1.55 bits per heavy atom. The molecule has 20 heavy (non-hydrogen) atoms. The van der Waals surface area contributed by atoms with Gasteiger partial charge in [-0.1, -0.05) is 45.0 Å². The second kappa shape index (κ2) is 5.52. The van der Waals surface area contributed by atoms with Gasteiger partial charge in [-0.3, -0.25) is 0 Å². The summed E-state index contributed by atoms with van der Waals surface area (Å²) in [7, 11) is 0. The van der Waals surface area contributed by atoms with Crippen LogP contribution in [0.3, 0.4) is 0 Å². The van der Waals surface area contributed by atoms with E-state index in [1.165, 1.54) is 31.2 Å². The minimum atomic E-state index is -0.737. The fourth-order valence-electron chi connectivity index (χ4n) is 3.47. The van der Waals surface area contributed by atoms with Gasteiger partial charge >= 0.3 is 0 Å². The molecule has 1 aliphatic rings. The fraction of sp³-hybridized carbons (Fsp3) is 0.684. The molecule has 2 rings (SSSR count). The Labute approximate surface area is 124 Å². The SMILES string of the molecule is CC(C)(O)c1cccc(C2CCC(C(C)(C)C)CC2)c1. The van der Waals surface area contributed by atoms with E-state index in [2.05, 4.69) is 39.0 Å². The molecule has 0 radical (unpaired) electrons. The van der Waals surface area contributed by atoms with Gasteiger partial charge in [-0.15, -0.1) is 0 Å². The van der Waals surface area contributed by atoms with Crippen LogP contribution < -0.4 is 0 Å². The Balaban J connectivity index is 2.08. The maximum absolute atomic E-state index is 10.2. The molecule has 0 aromatic heterocycles. The lowest BCUT2D eigenvalue weighted by Gasteiger charge is -2.37. The van der Waals surface area contributed by atoms with Gasteiger partial charge in [-0.2, -0.15) is 0 Å². The molecule has 0 amide bonds. The van der Waals surface area contributed by atoms with Crippen molar-refractivity contribution in [2.24, 2.45) is 11.3 Å². The molecule has 1 saturated carbocycles. The Hall–Kier alpha value is -0.820. The van der Waals surface area contributed by atoms with Crippen LogP contribution in [-0.2, 0) is 5.60 Å². The highest BCUT2D eigenvalue weighted by molar-refractivity contribution is 5.30. The predicted octanol–water partition coefficient (Wildman–Crippen LogP) is 5.23. The molecule has 0 atom stereocenters. The van der Waals surface area contributed by atoms with Crippen molar-refractivity contribution in [1.29, 1.82) is 0 Å². The number of aliphatic hydroxyl groups is 1. The molecule has 0 saturated heterocycles. The lowest BCUT2D eigenvalue weighted by molar-refractivity contribution is 0.0784. The summed E-state index contributed by atoms with van der Waals surface area (Å²) in [4.78, 5) is 0. The van der Waals surface area contributed by atoms with Crippen LogP contribution in [-0.4, -0.2) is 5.11 Å². The minimum absolute atomic E-state index is 0.444. The Morgan fingerprint density at radius 1 is 0.950 bits per heavy atom. The summed E-state index contributed by atoms with van der Waals surface area (Å²) in [6.45, 7) is 10.8. The first-order chi connectivity index (χ1) is 9.18. The molecule has 1 aromatic rings. The molecular weight excluding hydrogens is 244 g/mol. The molecule has 0 unspecified atom stereocenters. The van der Waals surface area contributed by atoms with Crippen LogP contribution in [0.15, 0.2) is 24.3 Å². The Bertz CT molecular complexity index is 440. The van der Waals surface area contributed by atoms with Crippen molar-refractivity contribution in [3.63, 3.8) is 0 Å². The molecule has 1 nitrogen and oxygen atoms in total. The van der Waals surface area contributed by atoms with Crippen LogP contribution in [0.25, 0.3) is 0 Å². The van der Waals surface area contributed by atoms with Crippen molar-refractivity contribution in [3.8, 4) is 0 Å². The summed E-state index contributed by atoms with van der Waals surface area (Å²) < 4.78 is 0. The average molecular weight is 274 g/mol. The highest BCUT2D eigenvalue weighted by atomic mass is 16.3. The van der Waals surface area contributed by atoms with Crippen molar-refractivity contribution in [2.75, 3.05) is 0 Å². The van der Waals surface area contributed by atoms with E-state index in [1.807, 2.05) is 19.9 Å². The number of rotatable bonds is 2. The van der Waals surface area contributed by atoms with Crippen molar-refractivity contribution in [1.82, 2.24) is 0 Å². The molecule has 1 heteroatoms. The summed E-state index contributed by atoms with van der Waals surface area (Å²) in [6, 6.07) is 8.57. The summed E-state index contributed by atoms with van der Waals surface area (Å²) >= 11 is 0. The standard InChI is InChI=1S/C19H30O/c1-18(2,3)16-11-9-14(10-12-16)15-7-6-8-17(13-15)19(4,5)20/h6-8,13-14,16,20H,9-12H2,1-5H3. The molecule has 1 aromatic carbocycles. The summed E-state index contributed by atoms with van der Waals surface area (Å²) in [6.07, 6.45) is 5.25. The molecule has 112 valence electrons. The molecule has 1 aliphatic carbocycles. The van der Waals surface area contributed by atoms with Crippen molar-refractivity contribution < 1.29 is 5.11 Å². The molecule has 1 fully saturated rings. The largest absolute Gasteiger partial charge is 0.386 e. The van der Waals surface area contributed by atoms with Gasteiger partial charge in [0, 0.05) is 0 Å². The zero-order chi connectivity index (χ0) is 15.0. The van der Waals surface area contributed by atoms with E-state index >= 15 is 0 Å². The van der Waals surface area contributed by atoms with Gasteiger partial charge in [0.05, 0.1) is 5.60 Å². The lowest BCUT2D eigenvalue weighted by atomic mass is 9.68. The van der Waals surface area contributed by atoms with Crippen molar-refractivity contribution in [2.45, 2.75) is 71.8 Å². The zero-order valence-electron chi connectivity index (χ0n) is 13.7. The van der Waals surface area contributed by atoms with Crippen molar-refractivity contribution >= 4 is 0 Å². The van der Waals surface area contributed by atoms with Crippen LogP contribution >= 0.6 is 0 Å². The number of hydrogen-bond acceptors (Lipinski definition) is 1. The van der Waals surface area contributed by atoms with Crippen LogP contribution in [0.2, 0.25) is 0 Å². The second-order valence-electron chi connectivity index (χ2n) is 8.10. The van der Waals surface area contributed by atoms with Gasteiger partial charge in [-0.25, -0.2) is 0 Å². The van der Waals surface area contributed by atoms with E-state index < -0.39 is 5.60 Å². The van der Waals surface area contributed by atoms with Crippen LogP contribution in [0.4, 0.5) is 0 Å². The fourth-order valence-corrected chi connectivity index (χ4v) is 3.47. The lowest BCUT2D eigenvalue weighted by Crippen LogP contribution is -2.25.